The molecule has 0 saturated heterocycles. The van der Waals surface area contributed by atoms with E-state index in [1.807, 2.05) is 30.3 Å². The molecule has 0 radical (unpaired) electrons. The second-order valence-electron chi connectivity index (χ2n) is 5.53. The summed E-state index contributed by atoms with van der Waals surface area (Å²) in [6, 6.07) is 12.1. The van der Waals surface area contributed by atoms with Gasteiger partial charge in [-0.1, -0.05) is 36.4 Å². The van der Waals surface area contributed by atoms with Gasteiger partial charge in [-0.2, -0.15) is 18.4 Å². The van der Waals surface area contributed by atoms with Crippen molar-refractivity contribution < 1.29 is 22.7 Å². The zero-order valence-electron chi connectivity index (χ0n) is 15.7. The number of methoxy groups -OCH3 is 2. The number of anilines is 1. The molecule has 0 saturated carbocycles. The lowest BCUT2D eigenvalue weighted by molar-refractivity contribution is -0.114. The lowest BCUT2D eigenvalue weighted by atomic mass is 10.2. The van der Waals surface area contributed by atoms with Gasteiger partial charge in [0.25, 0.3) is 10.0 Å². The van der Waals surface area contributed by atoms with E-state index in [9.17, 15) is 13.2 Å². The van der Waals surface area contributed by atoms with Crippen molar-refractivity contribution in [1.29, 1.82) is 0 Å². The monoisotopic (exact) mass is 403 g/mol. The number of sulfonamides is 1. The number of benzene rings is 2. The zero-order valence-corrected chi connectivity index (χ0v) is 16.5. The highest BCUT2D eigenvalue weighted by molar-refractivity contribution is 7.89. The Hall–Kier alpha value is -3.33. The van der Waals surface area contributed by atoms with Crippen LogP contribution in [0, 0.1) is 0 Å². The number of hydrogen-bond acceptors (Lipinski definition) is 6. The number of rotatable bonds is 8. The summed E-state index contributed by atoms with van der Waals surface area (Å²) in [7, 11) is -1.34. The Bertz CT molecular complexity index is 986. The van der Waals surface area contributed by atoms with Crippen LogP contribution in [0.4, 0.5) is 5.69 Å². The molecular weight excluding hydrogens is 382 g/mol. The molecule has 9 heteroatoms. The van der Waals surface area contributed by atoms with E-state index < -0.39 is 10.0 Å². The summed E-state index contributed by atoms with van der Waals surface area (Å²) in [6.45, 7) is 1.33. The summed E-state index contributed by atoms with van der Waals surface area (Å²) in [4.78, 5) is 13.2. The fourth-order valence-corrected chi connectivity index (χ4v) is 3.24. The Balaban J connectivity index is 2.22. The van der Waals surface area contributed by atoms with E-state index in [0.717, 1.165) is 5.56 Å². The SMILES string of the molecule is COc1cc(S(=O)(=O)N/N=C/C=C/c2ccccc2)c(OC)cc1NC(C)=O. The fourth-order valence-electron chi connectivity index (χ4n) is 2.28. The van der Waals surface area contributed by atoms with Crippen molar-refractivity contribution in [2.24, 2.45) is 5.10 Å². The van der Waals surface area contributed by atoms with Crippen LogP contribution in [-0.4, -0.2) is 34.8 Å². The molecule has 0 unspecified atom stereocenters. The quantitative estimate of drug-likeness (QED) is 0.521. The van der Waals surface area contributed by atoms with Gasteiger partial charge in [-0.25, -0.2) is 0 Å². The number of nitrogens with zero attached hydrogens (tertiary/aromatic N) is 1. The van der Waals surface area contributed by atoms with E-state index in [-0.39, 0.29) is 22.3 Å². The minimum Gasteiger partial charge on any atom is -0.495 e. The van der Waals surface area contributed by atoms with Crippen LogP contribution in [0.25, 0.3) is 6.08 Å². The molecule has 0 fully saturated rings. The van der Waals surface area contributed by atoms with E-state index in [4.69, 9.17) is 9.47 Å². The largest absolute Gasteiger partial charge is 0.495 e. The number of nitrogens with one attached hydrogen (secondary N) is 2. The first-order valence-corrected chi connectivity index (χ1v) is 9.66. The minimum absolute atomic E-state index is 0.0343. The van der Waals surface area contributed by atoms with Crippen LogP contribution >= 0.6 is 0 Å². The van der Waals surface area contributed by atoms with Gasteiger partial charge in [0.1, 0.15) is 16.4 Å². The molecule has 8 nitrogen and oxygen atoms in total. The van der Waals surface area contributed by atoms with Gasteiger partial charge in [0.2, 0.25) is 5.91 Å². The maximum atomic E-state index is 12.6. The summed E-state index contributed by atoms with van der Waals surface area (Å²) < 4.78 is 35.5. The van der Waals surface area contributed by atoms with E-state index in [1.165, 1.54) is 39.5 Å². The number of hydrogen-bond donors (Lipinski definition) is 2. The Labute approximate surface area is 163 Å². The molecule has 0 bridgehead atoms. The lowest BCUT2D eigenvalue weighted by Gasteiger charge is -2.14. The van der Waals surface area contributed by atoms with Crippen LogP contribution in [0.1, 0.15) is 12.5 Å². The Morgan fingerprint density at radius 2 is 1.75 bits per heavy atom. The van der Waals surface area contributed by atoms with Crippen LogP contribution in [-0.2, 0) is 14.8 Å². The van der Waals surface area contributed by atoms with Gasteiger partial charge in [-0.3, -0.25) is 4.79 Å². The third-order valence-corrected chi connectivity index (χ3v) is 4.75. The second kappa shape index (κ2) is 9.56. The number of ether oxygens (including phenoxy) is 2. The molecule has 0 aromatic heterocycles. The molecule has 2 rings (SSSR count). The van der Waals surface area contributed by atoms with Crippen molar-refractivity contribution in [3.63, 3.8) is 0 Å². The topological polar surface area (TPSA) is 106 Å². The smallest absolute Gasteiger partial charge is 0.280 e. The van der Waals surface area contributed by atoms with Crippen LogP contribution in [0.15, 0.2) is 58.5 Å². The van der Waals surface area contributed by atoms with E-state index in [2.05, 4.69) is 15.2 Å². The van der Waals surface area contributed by atoms with Crippen molar-refractivity contribution in [2.45, 2.75) is 11.8 Å². The molecule has 2 aromatic carbocycles. The molecule has 0 aliphatic carbocycles. The summed E-state index contributed by atoms with van der Waals surface area (Å²) >= 11 is 0. The van der Waals surface area contributed by atoms with E-state index in [1.54, 1.807) is 12.2 Å². The molecule has 0 spiro atoms. The van der Waals surface area contributed by atoms with E-state index >= 15 is 0 Å². The average Bonchev–Trinajstić information content (AvgIpc) is 2.67. The number of carbonyl (C=O) groups is 1. The minimum atomic E-state index is -4.03. The highest BCUT2D eigenvalue weighted by Crippen LogP contribution is 2.35. The fraction of sp³-hybridized carbons (Fsp3) is 0.158. The summed E-state index contributed by atoms with van der Waals surface area (Å²) in [6.07, 6.45) is 4.71. The normalized spacial score (nSPS) is 11.5. The molecule has 2 aromatic rings. The summed E-state index contributed by atoms with van der Waals surface area (Å²) in [5.41, 5.74) is 1.25. The van der Waals surface area contributed by atoms with Crippen molar-refractivity contribution in [3.05, 3.63) is 54.1 Å². The van der Waals surface area contributed by atoms with Crippen LogP contribution < -0.4 is 19.6 Å². The first-order valence-electron chi connectivity index (χ1n) is 8.17. The lowest BCUT2D eigenvalue weighted by Crippen LogP contribution is -2.19. The van der Waals surface area contributed by atoms with Crippen molar-refractivity contribution >= 4 is 33.9 Å². The Morgan fingerprint density at radius 3 is 2.36 bits per heavy atom. The van der Waals surface area contributed by atoms with Gasteiger partial charge >= 0.3 is 0 Å². The van der Waals surface area contributed by atoms with E-state index in [0.29, 0.717) is 5.69 Å². The number of hydrazone groups is 1. The first-order chi connectivity index (χ1) is 13.4. The predicted molar refractivity (Wildman–Crippen MR) is 108 cm³/mol. The molecule has 2 N–H and O–H groups in total. The zero-order chi connectivity index (χ0) is 20.6. The van der Waals surface area contributed by atoms with Gasteiger partial charge < -0.3 is 14.8 Å². The molecule has 0 heterocycles. The predicted octanol–water partition coefficient (Wildman–Crippen LogP) is 2.64. The summed E-state index contributed by atoms with van der Waals surface area (Å²) in [5, 5.41) is 6.28. The molecular formula is C19H21N3O5S. The van der Waals surface area contributed by atoms with Crippen molar-refractivity contribution in [3.8, 4) is 11.5 Å². The Kier molecular flexibility index (Phi) is 7.16. The standard InChI is InChI=1S/C19H21N3O5S/c1-14(23)21-16-12-18(27-3)19(13-17(16)26-2)28(24,25)22-20-11-7-10-15-8-5-4-6-9-15/h4-13,22H,1-3H3,(H,21,23)/b10-7+,20-11+. The van der Waals surface area contributed by atoms with Crippen LogP contribution in [0.3, 0.4) is 0 Å². The maximum absolute atomic E-state index is 12.6. The number of amides is 1. The van der Waals surface area contributed by atoms with Crippen molar-refractivity contribution in [1.82, 2.24) is 4.83 Å². The molecule has 28 heavy (non-hydrogen) atoms. The number of allylic oxidation sites excluding steroid dienone is 1. The molecule has 0 atom stereocenters. The highest BCUT2D eigenvalue weighted by Gasteiger charge is 2.22. The van der Waals surface area contributed by atoms with Gasteiger partial charge in [-0.05, 0) is 11.6 Å². The molecule has 0 aliphatic heterocycles. The molecule has 148 valence electrons. The highest BCUT2D eigenvalue weighted by atomic mass is 32.2. The average molecular weight is 403 g/mol. The van der Waals surface area contributed by atoms with Gasteiger partial charge in [0.05, 0.1) is 19.9 Å². The molecule has 1 amide bonds. The van der Waals surface area contributed by atoms with Gasteiger partial charge in [-0.15, -0.1) is 0 Å². The maximum Gasteiger partial charge on any atom is 0.280 e. The van der Waals surface area contributed by atoms with Crippen LogP contribution in [0.5, 0.6) is 11.5 Å². The summed E-state index contributed by atoms with van der Waals surface area (Å²) in [5.74, 6) is -0.125. The molecule has 0 aliphatic rings. The van der Waals surface area contributed by atoms with Gasteiger partial charge in [0.15, 0.2) is 0 Å². The van der Waals surface area contributed by atoms with Crippen molar-refractivity contribution in [2.75, 3.05) is 19.5 Å². The first kappa shape index (κ1) is 21.0. The van der Waals surface area contributed by atoms with Crippen LogP contribution in [0.2, 0.25) is 0 Å². The second-order valence-corrected chi connectivity index (χ2v) is 7.16. The third-order valence-electron chi connectivity index (χ3n) is 3.51. The van der Waals surface area contributed by atoms with Gasteiger partial charge in [0, 0.05) is 25.3 Å². The third kappa shape index (κ3) is 5.58. The Morgan fingerprint density at radius 1 is 1.07 bits per heavy atom. The number of carbonyl (C=O) groups excluding carboxylic acids is 1.